The topological polar surface area (TPSA) is 143 Å². The summed E-state index contributed by atoms with van der Waals surface area (Å²) < 4.78 is 38.7. The minimum absolute atomic E-state index is 0.0902. The fourth-order valence-corrected chi connectivity index (χ4v) is 6.71. The van der Waals surface area contributed by atoms with Gasteiger partial charge >= 0.3 is 12.1 Å². The Morgan fingerprint density at radius 1 is 0.976 bits per heavy atom. The number of aryl methyl sites for hydroxylation is 1. The van der Waals surface area contributed by atoms with Crippen molar-refractivity contribution in [3.05, 3.63) is 59.7 Å². The predicted molar refractivity (Wildman–Crippen MR) is 154 cm³/mol. The maximum atomic E-state index is 13.4. The Labute approximate surface area is 246 Å². The third kappa shape index (κ3) is 7.87. The molecule has 4 rings (SSSR count). The number of esters is 1. The van der Waals surface area contributed by atoms with E-state index < -0.39 is 52.3 Å². The molecule has 2 aliphatic heterocycles. The molecule has 2 atom stereocenters. The van der Waals surface area contributed by atoms with E-state index in [0.717, 1.165) is 5.56 Å². The second-order valence-corrected chi connectivity index (χ2v) is 13.0. The highest BCUT2D eigenvalue weighted by atomic mass is 32.2. The zero-order valence-corrected chi connectivity index (χ0v) is 25.0. The number of amides is 2. The molecule has 11 nitrogen and oxygen atoms in total. The summed E-state index contributed by atoms with van der Waals surface area (Å²) in [5.41, 5.74) is 1.60. The molecular weight excluding hydrogens is 562 g/mol. The lowest BCUT2D eigenvalue weighted by atomic mass is 10.0. The van der Waals surface area contributed by atoms with E-state index in [1.165, 1.54) is 16.4 Å². The number of aliphatic hydroxyl groups is 1. The Morgan fingerprint density at radius 3 is 2.24 bits per heavy atom. The van der Waals surface area contributed by atoms with Crippen molar-refractivity contribution in [1.82, 2.24) is 14.5 Å². The first-order chi connectivity index (χ1) is 19.9. The number of carbonyl (C=O) groups is 3. The average molecular weight is 602 g/mol. The van der Waals surface area contributed by atoms with Crippen LogP contribution in [0.2, 0.25) is 0 Å². The summed E-state index contributed by atoms with van der Waals surface area (Å²) in [6, 6.07) is 11.0. The minimum atomic E-state index is -3.91. The zero-order valence-electron chi connectivity index (χ0n) is 24.2. The lowest BCUT2D eigenvalue weighted by molar-refractivity contribution is -0.151. The third-order valence-electron chi connectivity index (χ3n) is 7.38. The molecule has 2 aromatic rings. The smallest absolute Gasteiger partial charge is 0.415 e. The number of piperidine rings is 1. The van der Waals surface area contributed by atoms with E-state index >= 15 is 0 Å². The molecular formula is C30H39N3O8S. The number of nitrogens with zero attached hydrogens (tertiary/aromatic N) is 2. The molecule has 0 radical (unpaired) electrons. The lowest BCUT2D eigenvalue weighted by Gasteiger charge is -2.28. The van der Waals surface area contributed by atoms with Gasteiger partial charge < -0.3 is 24.8 Å². The van der Waals surface area contributed by atoms with Gasteiger partial charge in [0.25, 0.3) is 0 Å². The molecule has 42 heavy (non-hydrogen) atoms. The second kappa shape index (κ2) is 13.7. The number of nitrogens with one attached hydrogen (secondary N) is 1. The summed E-state index contributed by atoms with van der Waals surface area (Å²) in [6.45, 7) is 6.31. The maximum Gasteiger partial charge on any atom is 0.415 e. The summed E-state index contributed by atoms with van der Waals surface area (Å²) >= 11 is 0. The minimum Gasteiger partial charge on any atom is -0.461 e. The summed E-state index contributed by atoms with van der Waals surface area (Å²) in [5, 5.41) is 12.4. The average Bonchev–Trinajstić information content (AvgIpc) is 3.45. The van der Waals surface area contributed by atoms with Gasteiger partial charge in [0, 0.05) is 26.1 Å². The fraction of sp³-hybridized carbons (Fsp3) is 0.500. The number of likely N-dealkylation sites (tertiary alicyclic amines) is 1. The summed E-state index contributed by atoms with van der Waals surface area (Å²) in [6.07, 6.45) is 0.628. The van der Waals surface area contributed by atoms with Crippen LogP contribution in [0.15, 0.2) is 53.4 Å². The Bertz CT molecular complexity index is 1350. The van der Waals surface area contributed by atoms with Gasteiger partial charge in [-0.15, -0.1) is 0 Å². The van der Waals surface area contributed by atoms with E-state index in [1.54, 1.807) is 55.1 Å². The van der Waals surface area contributed by atoms with Crippen LogP contribution in [0.1, 0.15) is 50.7 Å². The molecule has 0 unspecified atom stereocenters. The van der Waals surface area contributed by atoms with Crippen molar-refractivity contribution < 1.29 is 37.4 Å². The van der Waals surface area contributed by atoms with Crippen LogP contribution in [-0.2, 0) is 30.8 Å². The van der Waals surface area contributed by atoms with Crippen LogP contribution in [0, 0.1) is 6.92 Å². The van der Waals surface area contributed by atoms with Gasteiger partial charge in [-0.3, -0.25) is 4.79 Å². The van der Waals surface area contributed by atoms with Crippen LogP contribution in [0.4, 0.5) is 4.79 Å². The molecule has 2 N–H and O–H groups in total. The molecule has 0 aliphatic carbocycles. The lowest BCUT2D eigenvalue weighted by Crippen LogP contribution is -2.52. The molecule has 0 saturated carbocycles. The number of ether oxygens (including phenoxy) is 2. The summed E-state index contributed by atoms with van der Waals surface area (Å²) in [4.78, 5) is 40.5. The molecule has 0 bridgehead atoms. The Kier molecular flexibility index (Phi) is 10.2. The van der Waals surface area contributed by atoms with Crippen molar-refractivity contribution >= 4 is 28.0 Å². The highest BCUT2D eigenvalue weighted by Crippen LogP contribution is 2.27. The number of aliphatic hydroxyl groups excluding tert-OH is 1. The van der Waals surface area contributed by atoms with Crippen LogP contribution in [0.5, 0.6) is 5.75 Å². The monoisotopic (exact) mass is 601 g/mol. The van der Waals surface area contributed by atoms with Crippen molar-refractivity contribution in [2.24, 2.45) is 0 Å². The summed E-state index contributed by atoms with van der Waals surface area (Å²) in [5.74, 6) is -0.874. The Balaban J connectivity index is 1.44. The molecule has 2 aromatic carbocycles. The first-order valence-electron chi connectivity index (χ1n) is 14.3. The molecule has 0 aromatic heterocycles. The van der Waals surface area contributed by atoms with Gasteiger partial charge in [0.1, 0.15) is 17.8 Å². The highest BCUT2D eigenvalue weighted by Gasteiger charge is 2.40. The van der Waals surface area contributed by atoms with Gasteiger partial charge in [0.2, 0.25) is 15.9 Å². The molecule has 228 valence electrons. The van der Waals surface area contributed by atoms with E-state index in [-0.39, 0.29) is 17.9 Å². The van der Waals surface area contributed by atoms with Crippen LogP contribution in [-0.4, -0.2) is 84.6 Å². The van der Waals surface area contributed by atoms with Crippen LogP contribution >= 0.6 is 0 Å². The van der Waals surface area contributed by atoms with Crippen molar-refractivity contribution in [1.29, 1.82) is 0 Å². The number of carbonyl (C=O) groups excluding carboxylic acids is 3. The highest BCUT2D eigenvalue weighted by molar-refractivity contribution is 7.89. The number of hydrogen-bond donors (Lipinski definition) is 2. The van der Waals surface area contributed by atoms with Crippen molar-refractivity contribution in [3.63, 3.8) is 0 Å². The van der Waals surface area contributed by atoms with Gasteiger partial charge in [-0.05, 0) is 76.3 Å². The maximum absolute atomic E-state index is 13.4. The number of sulfonamides is 1. The van der Waals surface area contributed by atoms with Crippen molar-refractivity contribution in [3.8, 4) is 5.75 Å². The van der Waals surface area contributed by atoms with Gasteiger partial charge in [0.05, 0.1) is 17.1 Å². The number of rotatable bonds is 9. The van der Waals surface area contributed by atoms with Crippen molar-refractivity contribution in [2.75, 3.05) is 19.6 Å². The Hall–Kier alpha value is -3.48. The van der Waals surface area contributed by atoms with E-state index in [0.29, 0.717) is 50.1 Å². The SMILES string of the molecule is Cc1ccc(S(=O)(=O)N2CCC[C@H]2C(=O)N[C@@H](Cc2ccc(OC(=O)N3CCC(O)CC3)cc2)C(=O)OC(C)C)cc1. The zero-order chi connectivity index (χ0) is 30.4. The van der Waals surface area contributed by atoms with Crippen LogP contribution in [0.25, 0.3) is 0 Å². The first kappa shape index (κ1) is 31.5. The largest absolute Gasteiger partial charge is 0.461 e. The standard InChI is InChI=1S/C30H39N3O8S/c1-20(2)40-29(36)26(19-22-8-10-24(11-9-22)41-30(37)32-17-14-23(34)15-18-32)31-28(35)27-5-4-16-33(27)42(38,39)25-12-6-21(3)7-13-25/h6-13,20,23,26-27,34H,4-5,14-19H2,1-3H3,(H,31,35)/t26-,27-/m0/s1. The van der Waals surface area contributed by atoms with Gasteiger partial charge in [-0.1, -0.05) is 29.8 Å². The van der Waals surface area contributed by atoms with E-state index in [4.69, 9.17) is 9.47 Å². The quantitative estimate of drug-likeness (QED) is 0.418. The van der Waals surface area contributed by atoms with Crippen molar-refractivity contribution in [2.45, 2.75) is 82.1 Å². The normalized spacial score (nSPS) is 19.0. The molecule has 2 saturated heterocycles. The molecule has 0 spiro atoms. The van der Waals surface area contributed by atoms with Gasteiger partial charge in [-0.2, -0.15) is 4.31 Å². The van der Waals surface area contributed by atoms with E-state index in [2.05, 4.69) is 5.32 Å². The van der Waals surface area contributed by atoms with Gasteiger partial charge in [-0.25, -0.2) is 18.0 Å². The van der Waals surface area contributed by atoms with Crippen LogP contribution in [0.3, 0.4) is 0 Å². The first-order valence-corrected chi connectivity index (χ1v) is 15.7. The Morgan fingerprint density at radius 2 is 1.62 bits per heavy atom. The van der Waals surface area contributed by atoms with E-state index in [9.17, 15) is 27.9 Å². The molecule has 2 fully saturated rings. The summed E-state index contributed by atoms with van der Waals surface area (Å²) in [7, 11) is -3.91. The van der Waals surface area contributed by atoms with E-state index in [1.807, 2.05) is 6.92 Å². The number of benzene rings is 2. The molecule has 12 heteroatoms. The second-order valence-electron chi connectivity index (χ2n) is 11.1. The molecule has 2 heterocycles. The number of hydrogen-bond acceptors (Lipinski definition) is 8. The van der Waals surface area contributed by atoms with Gasteiger partial charge in [0.15, 0.2) is 0 Å². The van der Waals surface area contributed by atoms with Crippen LogP contribution < -0.4 is 10.1 Å². The predicted octanol–water partition coefficient (Wildman–Crippen LogP) is 2.78. The third-order valence-corrected chi connectivity index (χ3v) is 9.30. The molecule has 2 amide bonds. The fourth-order valence-electron chi connectivity index (χ4n) is 5.05. The molecule has 2 aliphatic rings.